The molecule has 0 N–H and O–H groups in total. The van der Waals surface area contributed by atoms with Gasteiger partial charge in [0.1, 0.15) is 6.61 Å². The summed E-state index contributed by atoms with van der Waals surface area (Å²) < 4.78 is 28.1. The number of benzene rings is 1. The van der Waals surface area contributed by atoms with E-state index in [9.17, 15) is 0 Å². The third kappa shape index (κ3) is 5.28. The van der Waals surface area contributed by atoms with Crippen molar-refractivity contribution in [2.75, 3.05) is 39.8 Å². The van der Waals surface area contributed by atoms with Crippen molar-refractivity contribution in [3.63, 3.8) is 0 Å². The van der Waals surface area contributed by atoms with Crippen LogP contribution in [0, 0.1) is 6.92 Å². The number of hydrogen-bond acceptors (Lipinski definition) is 5. The summed E-state index contributed by atoms with van der Waals surface area (Å²) in [5.74, 6) is 2.31. The average molecular weight is 338 g/mol. The third-order valence-electron chi connectivity index (χ3n) is 3.93. The van der Waals surface area contributed by atoms with Gasteiger partial charge in [0.15, 0.2) is 11.5 Å². The van der Waals surface area contributed by atoms with Crippen molar-refractivity contribution >= 4 is 0 Å². The van der Waals surface area contributed by atoms with E-state index < -0.39 is 0 Å². The van der Waals surface area contributed by atoms with Gasteiger partial charge in [0.25, 0.3) is 0 Å². The smallest absolute Gasteiger partial charge is 0.231 e. The number of ether oxygens (including phenoxy) is 5. The predicted octanol–water partition coefficient (Wildman–Crippen LogP) is 3.89. The van der Waals surface area contributed by atoms with Gasteiger partial charge in [-0.2, -0.15) is 0 Å². The van der Waals surface area contributed by atoms with Gasteiger partial charge >= 0.3 is 0 Å². The van der Waals surface area contributed by atoms with Crippen LogP contribution in [0.2, 0.25) is 0 Å². The zero-order chi connectivity index (χ0) is 17.2. The molecule has 2 rings (SSSR count). The van der Waals surface area contributed by atoms with E-state index in [0.717, 1.165) is 49.5 Å². The lowest BCUT2D eigenvalue weighted by Gasteiger charge is -2.16. The van der Waals surface area contributed by atoms with Gasteiger partial charge in [-0.1, -0.05) is 26.7 Å². The molecule has 1 heterocycles. The van der Waals surface area contributed by atoms with E-state index in [4.69, 9.17) is 23.7 Å². The molecule has 5 heteroatoms. The van der Waals surface area contributed by atoms with Crippen LogP contribution in [0.25, 0.3) is 0 Å². The van der Waals surface area contributed by atoms with E-state index >= 15 is 0 Å². The summed E-state index contributed by atoms with van der Waals surface area (Å²) in [4.78, 5) is 0. The molecule has 1 aromatic rings. The minimum atomic E-state index is 0.256. The van der Waals surface area contributed by atoms with Crippen LogP contribution in [0.5, 0.6) is 17.2 Å². The number of rotatable bonds is 12. The first-order chi connectivity index (χ1) is 11.8. The molecule has 0 aliphatic carbocycles. The summed E-state index contributed by atoms with van der Waals surface area (Å²) in [5, 5.41) is 0. The maximum absolute atomic E-state index is 5.99. The van der Waals surface area contributed by atoms with Gasteiger partial charge in [0.2, 0.25) is 12.5 Å². The number of aryl methyl sites for hydroxylation is 1. The van der Waals surface area contributed by atoms with E-state index in [1.165, 1.54) is 11.1 Å². The quantitative estimate of drug-likeness (QED) is 0.541. The van der Waals surface area contributed by atoms with Crippen LogP contribution in [0.1, 0.15) is 44.2 Å². The van der Waals surface area contributed by atoms with E-state index in [-0.39, 0.29) is 6.79 Å². The zero-order valence-electron chi connectivity index (χ0n) is 15.2. The second kappa shape index (κ2) is 10.4. The summed E-state index contributed by atoms with van der Waals surface area (Å²) in [6, 6.07) is 2.03. The Bertz CT molecular complexity index is 501. The van der Waals surface area contributed by atoms with Gasteiger partial charge < -0.3 is 23.7 Å². The molecule has 5 nitrogen and oxygen atoms in total. The Labute approximate surface area is 145 Å². The molecule has 0 spiro atoms. The fourth-order valence-corrected chi connectivity index (χ4v) is 2.66. The molecule has 1 aliphatic heterocycles. The lowest BCUT2D eigenvalue weighted by atomic mass is 10.0. The van der Waals surface area contributed by atoms with Crippen LogP contribution in [0.3, 0.4) is 0 Å². The average Bonchev–Trinajstić information content (AvgIpc) is 3.03. The largest absolute Gasteiger partial charge is 0.487 e. The van der Waals surface area contributed by atoms with E-state index in [0.29, 0.717) is 26.4 Å². The standard InChI is InChI=1S/C19H30O5/c1-4-6-8-20-9-10-21-11-12-22-18-16(7-5-2)15(3)13-17-19(18)24-14-23-17/h13H,4-12,14H2,1-3H3. The van der Waals surface area contributed by atoms with Gasteiger partial charge in [0.05, 0.1) is 19.8 Å². The minimum absolute atomic E-state index is 0.256. The fraction of sp³-hybridized carbons (Fsp3) is 0.684. The zero-order valence-corrected chi connectivity index (χ0v) is 15.2. The Balaban J connectivity index is 1.79. The molecule has 1 aromatic carbocycles. The fourth-order valence-electron chi connectivity index (χ4n) is 2.66. The van der Waals surface area contributed by atoms with Crippen LogP contribution >= 0.6 is 0 Å². The molecule has 136 valence electrons. The SMILES string of the molecule is CCCCOCCOCCOc1c(CCC)c(C)cc2c1OCO2. The Hall–Kier alpha value is -1.46. The van der Waals surface area contributed by atoms with E-state index in [1.54, 1.807) is 0 Å². The van der Waals surface area contributed by atoms with E-state index in [2.05, 4.69) is 20.8 Å². The number of fused-ring (bicyclic) bond motifs is 1. The predicted molar refractivity (Wildman–Crippen MR) is 93.3 cm³/mol. The van der Waals surface area contributed by atoms with Gasteiger partial charge in [-0.25, -0.2) is 0 Å². The Kier molecular flexibility index (Phi) is 8.19. The molecule has 0 unspecified atom stereocenters. The first-order valence-corrected chi connectivity index (χ1v) is 8.98. The maximum Gasteiger partial charge on any atom is 0.231 e. The van der Waals surface area contributed by atoms with Gasteiger partial charge in [-0.05, 0) is 31.4 Å². The highest BCUT2D eigenvalue weighted by Gasteiger charge is 2.24. The molecule has 0 fully saturated rings. The summed E-state index contributed by atoms with van der Waals surface area (Å²) in [7, 11) is 0. The van der Waals surface area contributed by atoms with Crippen molar-refractivity contribution in [1.29, 1.82) is 0 Å². The van der Waals surface area contributed by atoms with E-state index in [1.807, 2.05) is 6.07 Å². The summed E-state index contributed by atoms with van der Waals surface area (Å²) in [5.41, 5.74) is 2.38. The molecule has 0 aromatic heterocycles. The normalized spacial score (nSPS) is 12.6. The van der Waals surface area contributed by atoms with Crippen molar-refractivity contribution in [2.45, 2.75) is 46.5 Å². The molecule has 0 saturated heterocycles. The van der Waals surface area contributed by atoms with Crippen LogP contribution in [0.15, 0.2) is 6.07 Å². The molecule has 0 amide bonds. The molecule has 1 aliphatic rings. The van der Waals surface area contributed by atoms with Crippen molar-refractivity contribution < 1.29 is 23.7 Å². The van der Waals surface area contributed by atoms with Gasteiger partial charge in [-0.15, -0.1) is 0 Å². The molecular formula is C19H30O5. The third-order valence-corrected chi connectivity index (χ3v) is 3.93. The molecule has 0 atom stereocenters. The highest BCUT2D eigenvalue weighted by atomic mass is 16.7. The lowest BCUT2D eigenvalue weighted by Crippen LogP contribution is -2.12. The molecular weight excluding hydrogens is 308 g/mol. The van der Waals surface area contributed by atoms with Crippen LogP contribution in [-0.2, 0) is 15.9 Å². The summed E-state index contributed by atoms with van der Waals surface area (Å²) >= 11 is 0. The number of hydrogen-bond donors (Lipinski definition) is 0. The monoisotopic (exact) mass is 338 g/mol. The van der Waals surface area contributed by atoms with Crippen molar-refractivity contribution in [3.8, 4) is 17.2 Å². The lowest BCUT2D eigenvalue weighted by molar-refractivity contribution is 0.0351. The first-order valence-electron chi connectivity index (χ1n) is 8.98. The van der Waals surface area contributed by atoms with Gasteiger partial charge in [0, 0.05) is 12.2 Å². The Morgan fingerprint density at radius 1 is 0.958 bits per heavy atom. The molecule has 0 radical (unpaired) electrons. The van der Waals surface area contributed by atoms with Crippen LogP contribution in [0.4, 0.5) is 0 Å². The Morgan fingerprint density at radius 3 is 2.46 bits per heavy atom. The first kappa shape index (κ1) is 18.9. The number of unbranched alkanes of at least 4 members (excludes halogenated alkanes) is 1. The Morgan fingerprint density at radius 2 is 1.71 bits per heavy atom. The van der Waals surface area contributed by atoms with Crippen molar-refractivity contribution in [2.24, 2.45) is 0 Å². The molecule has 0 saturated carbocycles. The second-order valence-corrected chi connectivity index (χ2v) is 5.91. The maximum atomic E-state index is 5.99. The highest BCUT2D eigenvalue weighted by molar-refractivity contribution is 5.60. The highest BCUT2D eigenvalue weighted by Crippen LogP contribution is 2.45. The summed E-state index contributed by atoms with van der Waals surface area (Å²) in [6.07, 6.45) is 4.28. The minimum Gasteiger partial charge on any atom is -0.487 e. The summed E-state index contributed by atoms with van der Waals surface area (Å²) in [6.45, 7) is 9.73. The van der Waals surface area contributed by atoms with Crippen LogP contribution < -0.4 is 14.2 Å². The van der Waals surface area contributed by atoms with Crippen LogP contribution in [-0.4, -0.2) is 39.8 Å². The van der Waals surface area contributed by atoms with Crippen molar-refractivity contribution in [3.05, 3.63) is 17.2 Å². The van der Waals surface area contributed by atoms with Crippen molar-refractivity contribution in [1.82, 2.24) is 0 Å². The molecule has 0 bridgehead atoms. The topological polar surface area (TPSA) is 46.2 Å². The second-order valence-electron chi connectivity index (χ2n) is 5.91. The molecule has 24 heavy (non-hydrogen) atoms. The van der Waals surface area contributed by atoms with Gasteiger partial charge in [-0.3, -0.25) is 0 Å².